The number of rotatable bonds is 4. The van der Waals surface area contributed by atoms with Crippen LogP contribution in [0.1, 0.15) is 37.8 Å². The number of aliphatic imine (C=N–C) groups is 1. The van der Waals surface area contributed by atoms with Gasteiger partial charge in [-0.15, -0.1) is 0 Å². The van der Waals surface area contributed by atoms with Crippen LogP contribution in [-0.4, -0.2) is 23.1 Å². The maximum Gasteiger partial charge on any atom is 0.168 e. The minimum Gasteiger partial charge on any atom is -0.506 e. The summed E-state index contributed by atoms with van der Waals surface area (Å²) < 4.78 is 0. The number of nitrogens with zero attached hydrogens (tertiary/aromatic N) is 1. The molecule has 2 aromatic carbocycles. The van der Waals surface area contributed by atoms with Gasteiger partial charge < -0.3 is 5.11 Å². The van der Waals surface area contributed by atoms with E-state index in [9.17, 15) is 9.90 Å². The highest BCUT2D eigenvalue weighted by atomic mass is 16.3. The zero-order valence-corrected chi connectivity index (χ0v) is 15.4. The third-order valence-electron chi connectivity index (χ3n) is 4.68. The molecule has 1 fully saturated rings. The highest BCUT2D eigenvalue weighted by Gasteiger charge is 2.36. The molecular formula is C23H25NO2. The van der Waals surface area contributed by atoms with Crippen molar-refractivity contribution in [3.05, 3.63) is 77.4 Å². The van der Waals surface area contributed by atoms with Gasteiger partial charge in [0.1, 0.15) is 5.76 Å². The standard InChI is InChI=1S/C23H25NO2/c1-23(2)15-19(24-14-13-17-9-5-3-6-10-17)21(20(25)16-23)22(26)18-11-7-4-8-12-18/h3-12,26H,13-16H2,1-2H3/b22-21-,24-19?. The van der Waals surface area contributed by atoms with Gasteiger partial charge in [-0.1, -0.05) is 74.5 Å². The lowest BCUT2D eigenvalue weighted by Crippen LogP contribution is -2.32. The van der Waals surface area contributed by atoms with Crippen LogP contribution in [0.25, 0.3) is 5.76 Å². The highest BCUT2D eigenvalue weighted by molar-refractivity contribution is 6.28. The molecule has 1 aliphatic rings. The maximum absolute atomic E-state index is 12.8. The summed E-state index contributed by atoms with van der Waals surface area (Å²) in [6.45, 7) is 4.76. The van der Waals surface area contributed by atoms with Gasteiger partial charge in [-0.25, -0.2) is 0 Å². The van der Waals surface area contributed by atoms with Crippen LogP contribution in [0.2, 0.25) is 0 Å². The molecule has 26 heavy (non-hydrogen) atoms. The number of ketones is 1. The van der Waals surface area contributed by atoms with Gasteiger partial charge in [-0.3, -0.25) is 9.79 Å². The Morgan fingerprint density at radius 2 is 1.62 bits per heavy atom. The SMILES string of the molecule is CC1(C)CC(=O)/C(=C(\O)c2ccccc2)C(=NCCc2ccccc2)C1. The molecule has 0 heterocycles. The third kappa shape index (κ3) is 4.29. The molecule has 1 aliphatic carbocycles. The summed E-state index contributed by atoms with van der Waals surface area (Å²) in [5, 5.41) is 10.8. The molecule has 2 aromatic rings. The van der Waals surface area contributed by atoms with Crippen LogP contribution in [-0.2, 0) is 11.2 Å². The molecule has 0 unspecified atom stereocenters. The zero-order valence-electron chi connectivity index (χ0n) is 15.4. The van der Waals surface area contributed by atoms with Crippen molar-refractivity contribution in [2.24, 2.45) is 10.4 Å². The number of allylic oxidation sites excluding steroid dienone is 1. The second kappa shape index (κ2) is 7.69. The average molecular weight is 347 g/mol. The molecule has 134 valence electrons. The maximum atomic E-state index is 12.8. The molecule has 0 aromatic heterocycles. The molecule has 3 rings (SSSR count). The quantitative estimate of drug-likeness (QED) is 0.623. The Bertz CT molecular complexity index is 833. The second-order valence-electron chi connectivity index (χ2n) is 7.59. The molecule has 3 nitrogen and oxygen atoms in total. The number of benzene rings is 2. The summed E-state index contributed by atoms with van der Waals surface area (Å²) in [6.07, 6.45) is 1.94. The Morgan fingerprint density at radius 3 is 2.27 bits per heavy atom. The van der Waals surface area contributed by atoms with Crippen LogP contribution in [0.3, 0.4) is 0 Å². The van der Waals surface area contributed by atoms with Crippen LogP contribution >= 0.6 is 0 Å². The van der Waals surface area contributed by atoms with Gasteiger partial charge >= 0.3 is 0 Å². The molecular weight excluding hydrogens is 322 g/mol. The van der Waals surface area contributed by atoms with Crippen molar-refractivity contribution in [1.29, 1.82) is 0 Å². The number of aliphatic hydroxyl groups excluding tert-OH is 1. The first-order chi connectivity index (χ1) is 12.5. The second-order valence-corrected chi connectivity index (χ2v) is 7.59. The summed E-state index contributed by atoms with van der Waals surface area (Å²) in [5.41, 5.74) is 2.86. The van der Waals surface area contributed by atoms with Crippen molar-refractivity contribution in [3.63, 3.8) is 0 Å². The summed E-state index contributed by atoms with van der Waals surface area (Å²) in [4.78, 5) is 17.5. The largest absolute Gasteiger partial charge is 0.506 e. The summed E-state index contributed by atoms with van der Waals surface area (Å²) >= 11 is 0. The van der Waals surface area contributed by atoms with E-state index in [-0.39, 0.29) is 17.0 Å². The van der Waals surface area contributed by atoms with Crippen LogP contribution in [0.4, 0.5) is 0 Å². The number of carbonyl (C=O) groups excluding carboxylic acids is 1. The molecule has 0 saturated heterocycles. The average Bonchev–Trinajstić information content (AvgIpc) is 2.62. The van der Waals surface area contributed by atoms with Crippen molar-refractivity contribution in [1.82, 2.24) is 0 Å². The molecule has 1 saturated carbocycles. The van der Waals surface area contributed by atoms with Gasteiger partial charge in [0.15, 0.2) is 5.78 Å². The van der Waals surface area contributed by atoms with E-state index in [0.29, 0.717) is 30.5 Å². The third-order valence-corrected chi connectivity index (χ3v) is 4.68. The van der Waals surface area contributed by atoms with E-state index < -0.39 is 0 Å². The lowest BCUT2D eigenvalue weighted by molar-refractivity contribution is -0.117. The minimum absolute atomic E-state index is 0.0268. The molecule has 0 aliphatic heterocycles. The van der Waals surface area contributed by atoms with Crippen LogP contribution in [0.15, 0.2) is 71.2 Å². The Labute approximate surface area is 155 Å². The van der Waals surface area contributed by atoms with E-state index in [1.807, 2.05) is 48.5 Å². The van der Waals surface area contributed by atoms with Crippen LogP contribution in [0, 0.1) is 5.41 Å². The first kappa shape index (κ1) is 18.1. The van der Waals surface area contributed by atoms with Crippen molar-refractivity contribution < 1.29 is 9.90 Å². The van der Waals surface area contributed by atoms with Crippen molar-refractivity contribution in [3.8, 4) is 0 Å². The van der Waals surface area contributed by atoms with Crippen molar-refractivity contribution in [2.75, 3.05) is 6.54 Å². The lowest BCUT2D eigenvalue weighted by Gasteiger charge is -2.31. The number of hydrogen-bond acceptors (Lipinski definition) is 3. The van der Waals surface area contributed by atoms with Gasteiger partial charge in [0.25, 0.3) is 0 Å². The fourth-order valence-corrected chi connectivity index (χ4v) is 3.40. The highest BCUT2D eigenvalue weighted by Crippen LogP contribution is 2.36. The number of Topliss-reactive ketones (excluding diaryl/α,β-unsaturated/α-hetero) is 1. The van der Waals surface area contributed by atoms with E-state index in [0.717, 1.165) is 12.1 Å². The van der Waals surface area contributed by atoms with E-state index in [1.165, 1.54) is 5.56 Å². The van der Waals surface area contributed by atoms with Gasteiger partial charge in [-0.05, 0) is 23.8 Å². The zero-order chi connectivity index (χ0) is 18.6. The molecule has 1 N–H and O–H groups in total. The van der Waals surface area contributed by atoms with Gasteiger partial charge in [-0.2, -0.15) is 0 Å². The predicted molar refractivity (Wildman–Crippen MR) is 106 cm³/mol. The Balaban J connectivity index is 1.92. The summed E-state index contributed by atoms with van der Waals surface area (Å²) in [7, 11) is 0. The normalized spacial score (nSPS) is 20.2. The minimum atomic E-state index is -0.136. The van der Waals surface area contributed by atoms with Gasteiger partial charge in [0, 0.05) is 24.2 Å². The van der Waals surface area contributed by atoms with Gasteiger partial charge in [0.2, 0.25) is 0 Å². The molecule has 0 bridgehead atoms. The van der Waals surface area contributed by atoms with Crippen molar-refractivity contribution >= 4 is 17.3 Å². The van der Waals surface area contributed by atoms with E-state index in [2.05, 4.69) is 26.0 Å². The summed E-state index contributed by atoms with van der Waals surface area (Å²) in [6, 6.07) is 19.4. The first-order valence-corrected chi connectivity index (χ1v) is 9.06. The molecule has 0 radical (unpaired) electrons. The smallest absolute Gasteiger partial charge is 0.168 e. The molecule has 0 atom stereocenters. The van der Waals surface area contributed by atoms with Crippen LogP contribution < -0.4 is 0 Å². The van der Waals surface area contributed by atoms with E-state index in [1.54, 1.807) is 0 Å². The summed E-state index contributed by atoms with van der Waals surface area (Å²) in [5.74, 6) is 0.0191. The Morgan fingerprint density at radius 1 is 1.00 bits per heavy atom. The topological polar surface area (TPSA) is 49.7 Å². The molecule has 3 heteroatoms. The Kier molecular flexibility index (Phi) is 5.36. The number of aliphatic hydroxyl groups is 1. The Hall–Kier alpha value is -2.68. The monoisotopic (exact) mass is 347 g/mol. The van der Waals surface area contributed by atoms with Crippen molar-refractivity contribution in [2.45, 2.75) is 33.1 Å². The molecule has 0 spiro atoms. The van der Waals surface area contributed by atoms with E-state index >= 15 is 0 Å². The lowest BCUT2D eigenvalue weighted by atomic mass is 9.73. The fourth-order valence-electron chi connectivity index (χ4n) is 3.40. The number of hydrogen-bond donors (Lipinski definition) is 1. The van der Waals surface area contributed by atoms with Crippen LogP contribution in [0.5, 0.6) is 0 Å². The fraction of sp³-hybridized carbons (Fsp3) is 0.304. The first-order valence-electron chi connectivity index (χ1n) is 9.06. The number of carbonyl (C=O) groups is 1. The van der Waals surface area contributed by atoms with Gasteiger partial charge in [0.05, 0.1) is 5.57 Å². The van der Waals surface area contributed by atoms with E-state index in [4.69, 9.17) is 4.99 Å². The predicted octanol–water partition coefficient (Wildman–Crippen LogP) is 5.03. The molecule has 0 amide bonds.